The lowest BCUT2D eigenvalue weighted by molar-refractivity contribution is 0.329. The number of benzene rings is 1. The Kier molecular flexibility index (Phi) is 7.29. The Morgan fingerprint density at radius 3 is 2.48 bits per heavy atom. The molecule has 2 rings (SSSR count). The van der Waals surface area contributed by atoms with Crippen molar-refractivity contribution in [3.63, 3.8) is 0 Å². The second-order valence-electron chi connectivity index (χ2n) is 6.81. The van der Waals surface area contributed by atoms with Gasteiger partial charge in [0.2, 0.25) is 0 Å². The van der Waals surface area contributed by atoms with E-state index in [0.29, 0.717) is 6.04 Å². The highest BCUT2D eigenvalue weighted by Gasteiger charge is 2.13. The molecule has 0 aromatic heterocycles. The summed E-state index contributed by atoms with van der Waals surface area (Å²) < 4.78 is 0. The van der Waals surface area contributed by atoms with Crippen LogP contribution in [0.15, 0.2) is 24.3 Å². The number of hydrogen-bond donors (Lipinski definition) is 1. The normalized spacial score (nSPS) is 17.8. The molecule has 0 amide bonds. The first-order chi connectivity index (χ1) is 10.3. The molecule has 21 heavy (non-hydrogen) atoms. The maximum atomic E-state index is 3.71. The summed E-state index contributed by atoms with van der Waals surface area (Å²) in [5.41, 5.74) is 2.91. The predicted molar refractivity (Wildman–Crippen MR) is 92.7 cm³/mol. The molecule has 0 radical (unpaired) electrons. The number of nitrogens with one attached hydrogen (secondary N) is 1. The molecule has 0 heterocycles. The van der Waals surface area contributed by atoms with Crippen molar-refractivity contribution in [1.82, 2.24) is 5.32 Å². The van der Waals surface area contributed by atoms with Gasteiger partial charge in [-0.05, 0) is 49.8 Å². The topological polar surface area (TPSA) is 12.0 Å². The van der Waals surface area contributed by atoms with Crippen molar-refractivity contribution in [1.29, 1.82) is 0 Å². The van der Waals surface area contributed by atoms with Gasteiger partial charge in [-0.2, -0.15) is 0 Å². The van der Waals surface area contributed by atoms with Gasteiger partial charge in [0.15, 0.2) is 0 Å². The lowest BCUT2D eigenvalue weighted by atomic mass is 9.87. The maximum Gasteiger partial charge on any atom is 0.0291 e. The van der Waals surface area contributed by atoms with Crippen LogP contribution in [0.3, 0.4) is 0 Å². The van der Waals surface area contributed by atoms with Crippen LogP contribution in [0, 0.1) is 5.92 Å². The third kappa shape index (κ3) is 5.82. The van der Waals surface area contributed by atoms with Gasteiger partial charge >= 0.3 is 0 Å². The molecule has 0 spiro atoms. The third-order valence-corrected chi connectivity index (χ3v) is 5.03. The van der Waals surface area contributed by atoms with Crippen LogP contribution in [0.4, 0.5) is 0 Å². The van der Waals surface area contributed by atoms with E-state index in [4.69, 9.17) is 0 Å². The molecule has 1 atom stereocenters. The van der Waals surface area contributed by atoms with Crippen LogP contribution in [0.25, 0.3) is 0 Å². The molecule has 1 saturated carbocycles. The van der Waals surface area contributed by atoms with E-state index in [-0.39, 0.29) is 0 Å². The Bertz CT molecular complexity index is 375. The molecule has 1 fully saturated rings. The van der Waals surface area contributed by atoms with Crippen LogP contribution in [0.2, 0.25) is 0 Å². The largest absolute Gasteiger partial charge is 0.310 e. The van der Waals surface area contributed by atoms with Crippen LogP contribution in [-0.4, -0.2) is 6.54 Å². The molecule has 1 aromatic carbocycles. The van der Waals surface area contributed by atoms with Gasteiger partial charge in [0, 0.05) is 6.04 Å². The van der Waals surface area contributed by atoms with Gasteiger partial charge in [0.05, 0.1) is 0 Å². The first kappa shape index (κ1) is 16.5. The first-order valence-electron chi connectivity index (χ1n) is 9.12. The number of rotatable bonds is 8. The summed E-state index contributed by atoms with van der Waals surface area (Å²) in [5.74, 6) is 0.981. The summed E-state index contributed by atoms with van der Waals surface area (Å²) in [6.07, 6.45) is 12.5. The van der Waals surface area contributed by atoms with Gasteiger partial charge in [0.25, 0.3) is 0 Å². The summed E-state index contributed by atoms with van der Waals surface area (Å²) in [6.45, 7) is 5.72. The summed E-state index contributed by atoms with van der Waals surface area (Å²) in [4.78, 5) is 0. The number of hydrogen-bond acceptors (Lipinski definition) is 1. The average molecular weight is 287 g/mol. The third-order valence-electron chi connectivity index (χ3n) is 5.03. The molecule has 0 aliphatic heterocycles. The molecular formula is C20H33N. The van der Waals surface area contributed by atoms with Crippen LogP contribution >= 0.6 is 0 Å². The van der Waals surface area contributed by atoms with Crippen LogP contribution in [0.1, 0.15) is 82.4 Å². The molecule has 1 unspecified atom stereocenters. The molecule has 1 aliphatic rings. The smallest absolute Gasteiger partial charge is 0.0291 e. The van der Waals surface area contributed by atoms with E-state index in [2.05, 4.69) is 43.4 Å². The SMILES string of the molecule is CCCCc1ccc(C(C)NCCC2CCCCC2)cc1. The Balaban J connectivity index is 1.70. The van der Waals surface area contributed by atoms with Crippen molar-refractivity contribution in [2.45, 2.75) is 77.7 Å². The highest BCUT2D eigenvalue weighted by molar-refractivity contribution is 5.24. The fourth-order valence-electron chi connectivity index (χ4n) is 3.45. The highest BCUT2D eigenvalue weighted by Crippen LogP contribution is 2.26. The van der Waals surface area contributed by atoms with Gasteiger partial charge in [0.1, 0.15) is 0 Å². The molecule has 1 heteroatoms. The fraction of sp³-hybridized carbons (Fsp3) is 0.700. The lowest BCUT2D eigenvalue weighted by Gasteiger charge is -2.23. The van der Waals surface area contributed by atoms with Crippen LogP contribution in [0.5, 0.6) is 0 Å². The van der Waals surface area contributed by atoms with Crippen LogP contribution < -0.4 is 5.32 Å². The van der Waals surface area contributed by atoms with Gasteiger partial charge in [-0.15, -0.1) is 0 Å². The molecule has 0 saturated heterocycles. The minimum atomic E-state index is 0.480. The van der Waals surface area contributed by atoms with Gasteiger partial charge in [-0.1, -0.05) is 69.7 Å². The Morgan fingerprint density at radius 1 is 1.10 bits per heavy atom. The van der Waals surface area contributed by atoms with Gasteiger partial charge < -0.3 is 5.32 Å². The fourth-order valence-corrected chi connectivity index (χ4v) is 3.45. The second-order valence-corrected chi connectivity index (χ2v) is 6.81. The van der Waals surface area contributed by atoms with E-state index in [0.717, 1.165) is 5.92 Å². The maximum absolute atomic E-state index is 3.71. The molecule has 118 valence electrons. The molecular weight excluding hydrogens is 254 g/mol. The monoisotopic (exact) mass is 287 g/mol. The second kappa shape index (κ2) is 9.25. The van der Waals surface area contributed by atoms with Crippen molar-refractivity contribution >= 4 is 0 Å². The van der Waals surface area contributed by atoms with E-state index in [1.165, 1.54) is 75.5 Å². The zero-order valence-corrected chi connectivity index (χ0v) is 14.0. The molecule has 1 aliphatic carbocycles. The van der Waals surface area contributed by atoms with Gasteiger partial charge in [-0.25, -0.2) is 0 Å². The number of aryl methyl sites for hydroxylation is 1. The van der Waals surface area contributed by atoms with Crippen molar-refractivity contribution in [3.8, 4) is 0 Å². The zero-order chi connectivity index (χ0) is 14.9. The number of unbranched alkanes of at least 4 members (excludes halogenated alkanes) is 1. The summed E-state index contributed by atoms with van der Waals surface area (Å²) in [7, 11) is 0. The van der Waals surface area contributed by atoms with Crippen LogP contribution in [-0.2, 0) is 6.42 Å². The Labute approximate surface area is 131 Å². The van der Waals surface area contributed by atoms with E-state index < -0.39 is 0 Å². The Hall–Kier alpha value is -0.820. The first-order valence-corrected chi connectivity index (χ1v) is 9.12. The lowest BCUT2D eigenvalue weighted by Crippen LogP contribution is -2.22. The van der Waals surface area contributed by atoms with E-state index in [1.807, 2.05) is 0 Å². The molecule has 0 bridgehead atoms. The van der Waals surface area contributed by atoms with E-state index in [9.17, 15) is 0 Å². The minimum absolute atomic E-state index is 0.480. The molecule has 1 aromatic rings. The molecule has 1 N–H and O–H groups in total. The Morgan fingerprint density at radius 2 is 1.81 bits per heavy atom. The molecule has 1 nitrogen and oxygen atoms in total. The summed E-state index contributed by atoms with van der Waals surface area (Å²) in [6, 6.07) is 9.72. The van der Waals surface area contributed by atoms with E-state index in [1.54, 1.807) is 0 Å². The zero-order valence-electron chi connectivity index (χ0n) is 14.0. The van der Waals surface area contributed by atoms with Crippen molar-refractivity contribution in [2.75, 3.05) is 6.54 Å². The minimum Gasteiger partial charge on any atom is -0.310 e. The predicted octanol–water partition coefficient (Wildman–Crippen LogP) is 5.65. The highest BCUT2D eigenvalue weighted by atomic mass is 14.9. The summed E-state index contributed by atoms with van der Waals surface area (Å²) in [5, 5.41) is 3.71. The average Bonchev–Trinajstić information content (AvgIpc) is 2.54. The van der Waals surface area contributed by atoms with Crippen molar-refractivity contribution in [2.24, 2.45) is 5.92 Å². The van der Waals surface area contributed by atoms with Gasteiger partial charge in [-0.3, -0.25) is 0 Å². The quantitative estimate of drug-likeness (QED) is 0.651. The van der Waals surface area contributed by atoms with Crippen molar-refractivity contribution < 1.29 is 0 Å². The van der Waals surface area contributed by atoms with E-state index >= 15 is 0 Å². The standard InChI is InChI=1S/C20H33N/c1-3-4-8-19-11-13-20(14-12-19)17(2)21-16-15-18-9-6-5-7-10-18/h11-14,17-18,21H,3-10,15-16H2,1-2H3. The summed E-state index contributed by atoms with van der Waals surface area (Å²) >= 11 is 0. The van der Waals surface area contributed by atoms with Crippen molar-refractivity contribution in [3.05, 3.63) is 35.4 Å².